The number of nitrogens with zero attached hydrogens (tertiary/aromatic N) is 4. The summed E-state index contributed by atoms with van der Waals surface area (Å²) >= 11 is 1.56. The summed E-state index contributed by atoms with van der Waals surface area (Å²) < 4.78 is 4.96. The number of fused-ring (bicyclic) bond motifs is 1. The van der Waals surface area contributed by atoms with Crippen LogP contribution in [0.5, 0.6) is 0 Å². The highest BCUT2D eigenvalue weighted by atomic mass is 32.1. The quantitative estimate of drug-likeness (QED) is 0.413. The maximum absolute atomic E-state index is 11.0. The molecule has 0 saturated heterocycles. The molecule has 24 heavy (non-hydrogen) atoms. The minimum atomic E-state index is -0.354. The Morgan fingerprint density at radius 3 is 2.71 bits per heavy atom. The van der Waals surface area contributed by atoms with Gasteiger partial charge in [0.25, 0.3) is 10.7 Å². The van der Waals surface area contributed by atoms with Gasteiger partial charge in [-0.1, -0.05) is 11.3 Å². The molecule has 0 saturated carbocycles. The van der Waals surface area contributed by atoms with Crippen LogP contribution < -0.4 is 4.57 Å². The Bertz CT molecular complexity index is 969. The van der Waals surface area contributed by atoms with Gasteiger partial charge in [0.1, 0.15) is 11.2 Å². The van der Waals surface area contributed by atoms with Gasteiger partial charge in [-0.3, -0.25) is 14.8 Å². The average Bonchev–Trinajstić information content (AvgIpc) is 3.01. The first-order valence-corrected chi connectivity index (χ1v) is 8.53. The van der Waals surface area contributed by atoms with E-state index in [-0.39, 0.29) is 10.6 Å². The van der Waals surface area contributed by atoms with Crippen LogP contribution in [0, 0.1) is 24.0 Å². The highest BCUT2D eigenvalue weighted by Gasteiger charge is 2.20. The molecule has 124 valence electrons. The van der Waals surface area contributed by atoms with E-state index in [1.54, 1.807) is 23.5 Å². The molecule has 0 atom stereocenters. The van der Waals surface area contributed by atoms with Crippen LogP contribution in [0.1, 0.15) is 28.9 Å². The van der Waals surface area contributed by atoms with Crippen LogP contribution >= 0.6 is 11.3 Å². The average molecular weight is 343 g/mol. The number of hydrogen-bond acceptors (Lipinski definition) is 4. The Labute approximate surface area is 143 Å². The third kappa shape index (κ3) is 2.71. The Kier molecular flexibility index (Phi) is 4.19. The predicted molar refractivity (Wildman–Crippen MR) is 96.0 cm³/mol. The number of hydrogen-bond donors (Lipinski definition) is 0. The van der Waals surface area contributed by atoms with Gasteiger partial charge >= 0.3 is 0 Å². The van der Waals surface area contributed by atoms with Crippen molar-refractivity contribution < 1.29 is 9.49 Å². The molecule has 0 radical (unpaired) electrons. The molecule has 0 amide bonds. The largest absolute Gasteiger partial charge is 0.272 e. The molecule has 7 heteroatoms. The normalized spacial score (nSPS) is 11.7. The lowest BCUT2D eigenvalue weighted by Gasteiger charge is -1.94. The first-order valence-electron chi connectivity index (χ1n) is 7.71. The van der Waals surface area contributed by atoms with E-state index in [2.05, 4.69) is 28.7 Å². The van der Waals surface area contributed by atoms with Gasteiger partial charge in [-0.15, -0.1) is 0 Å². The first kappa shape index (κ1) is 16.3. The number of rotatable bonds is 4. The van der Waals surface area contributed by atoms with Gasteiger partial charge < -0.3 is 0 Å². The molecule has 0 aliphatic carbocycles. The SMILES string of the molecule is CC[n+]1c(C=Cc2c(C)nn(C)c2C)sc2cc([N+](=O)[O-])ccc21. The van der Waals surface area contributed by atoms with Crippen LogP contribution in [-0.4, -0.2) is 14.7 Å². The van der Waals surface area contributed by atoms with Crippen molar-refractivity contribution in [3.05, 3.63) is 50.3 Å². The fourth-order valence-corrected chi connectivity index (χ4v) is 4.01. The lowest BCUT2D eigenvalue weighted by molar-refractivity contribution is -0.665. The summed E-state index contributed by atoms with van der Waals surface area (Å²) in [4.78, 5) is 10.6. The zero-order valence-corrected chi connectivity index (χ0v) is 14.9. The molecule has 0 bridgehead atoms. The molecular weight excluding hydrogens is 324 g/mol. The number of nitro groups is 1. The summed E-state index contributed by atoms with van der Waals surface area (Å²) in [5.74, 6) is 0. The molecule has 2 aromatic heterocycles. The minimum absolute atomic E-state index is 0.126. The van der Waals surface area contributed by atoms with Crippen molar-refractivity contribution in [2.75, 3.05) is 0 Å². The van der Waals surface area contributed by atoms with Crippen molar-refractivity contribution in [3.8, 4) is 0 Å². The van der Waals surface area contributed by atoms with Crippen molar-refractivity contribution in [3.63, 3.8) is 0 Å². The summed E-state index contributed by atoms with van der Waals surface area (Å²) in [6.07, 6.45) is 4.14. The highest BCUT2D eigenvalue weighted by molar-refractivity contribution is 7.18. The third-order valence-corrected chi connectivity index (χ3v) is 5.31. The molecule has 0 fully saturated rings. The topological polar surface area (TPSA) is 64.8 Å². The number of aromatic nitrogens is 3. The molecule has 0 aliphatic rings. The second-order valence-corrected chi connectivity index (χ2v) is 6.70. The maximum atomic E-state index is 11.0. The van der Waals surface area contributed by atoms with E-state index < -0.39 is 0 Å². The smallest absolute Gasteiger partial charge is 0.271 e. The van der Waals surface area contributed by atoms with Gasteiger partial charge in [-0.2, -0.15) is 9.67 Å². The summed E-state index contributed by atoms with van der Waals surface area (Å²) in [6, 6.07) is 5.03. The zero-order valence-electron chi connectivity index (χ0n) is 14.1. The van der Waals surface area contributed by atoms with E-state index in [1.165, 1.54) is 0 Å². The lowest BCUT2D eigenvalue weighted by Crippen LogP contribution is -2.33. The van der Waals surface area contributed by atoms with Gasteiger partial charge in [0.05, 0.1) is 10.6 Å². The number of nitro benzene ring substituents is 1. The molecule has 1 aromatic carbocycles. The monoisotopic (exact) mass is 343 g/mol. The fraction of sp³-hybridized carbons (Fsp3) is 0.294. The van der Waals surface area contributed by atoms with Gasteiger partial charge in [-0.25, -0.2) is 0 Å². The third-order valence-electron chi connectivity index (χ3n) is 4.20. The predicted octanol–water partition coefficient (Wildman–Crippen LogP) is 3.64. The summed E-state index contributed by atoms with van der Waals surface area (Å²) in [5, 5.41) is 16.5. The van der Waals surface area contributed by atoms with E-state index in [0.717, 1.165) is 38.7 Å². The molecule has 6 nitrogen and oxygen atoms in total. The number of thiazole rings is 1. The Hall–Kier alpha value is -2.54. The molecule has 0 N–H and O–H groups in total. The molecule has 0 unspecified atom stereocenters. The summed E-state index contributed by atoms with van der Waals surface area (Å²) in [6.45, 7) is 6.92. The van der Waals surface area contributed by atoms with Crippen LogP contribution in [0.25, 0.3) is 22.4 Å². The van der Waals surface area contributed by atoms with Gasteiger partial charge in [0, 0.05) is 42.6 Å². The van der Waals surface area contributed by atoms with Crippen molar-refractivity contribution >= 4 is 39.4 Å². The van der Waals surface area contributed by atoms with Crippen LogP contribution in [0.2, 0.25) is 0 Å². The van der Waals surface area contributed by atoms with Crippen LogP contribution in [-0.2, 0) is 13.6 Å². The van der Waals surface area contributed by atoms with Crippen molar-refractivity contribution in [1.82, 2.24) is 9.78 Å². The second kappa shape index (κ2) is 6.16. The first-order chi connectivity index (χ1) is 11.4. The van der Waals surface area contributed by atoms with E-state index in [4.69, 9.17) is 0 Å². The molecule has 3 aromatic rings. The van der Waals surface area contributed by atoms with E-state index >= 15 is 0 Å². The van der Waals surface area contributed by atoms with E-state index in [9.17, 15) is 10.1 Å². The van der Waals surface area contributed by atoms with Gasteiger partial charge in [-0.05, 0) is 26.8 Å². The van der Waals surface area contributed by atoms with Crippen LogP contribution in [0.3, 0.4) is 0 Å². The Balaban J connectivity index is 2.08. The molecular formula is C17H19N4O2S+. The van der Waals surface area contributed by atoms with Crippen LogP contribution in [0.15, 0.2) is 18.2 Å². The standard InChI is InChI=1S/C17H19N4O2S/c1-5-20-15-8-6-13(21(22)23)10-16(15)24-17(20)9-7-14-11(2)18-19(4)12(14)3/h6-10H,5H2,1-4H3/q+1. The Morgan fingerprint density at radius 1 is 1.38 bits per heavy atom. The number of aryl methyl sites for hydroxylation is 3. The number of non-ortho nitro benzene ring substituents is 1. The van der Waals surface area contributed by atoms with Crippen molar-refractivity contribution in [1.29, 1.82) is 0 Å². The fourth-order valence-electron chi connectivity index (χ4n) is 2.84. The molecule has 0 spiro atoms. The van der Waals surface area contributed by atoms with Crippen molar-refractivity contribution in [2.24, 2.45) is 7.05 Å². The zero-order chi connectivity index (χ0) is 17.4. The summed E-state index contributed by atoms with van der Waals surface area (Å²) in [7, 11) is 1.93. The molecule has 2 heterocycles. The van der Waals surface area contributed by atoms with E-state index in [0.29, 0.717) is 0 Å². The minimum Gasteiger partial charge on any atom is -0.272 e. The number of benzene rings is 1. The summed E-state index contributed by atoms with van der Waals surface area (Å²) in [5.41, 5.74) is 4.37. The lowest BCUT2D eigenvalue weighted by atomic mass is 10.2. The van der Waals surface area contributed by atoms with Crippen LogP contribution in [0.4, 0.5) is 5.69 Å². The molecule has 3 rings (SSSR count). The van der Waals surface area contributed by atoms with E-state index in [1.807, 2.05) is 31.6 Å². The van der Waals surface area contributed by atoms with Gasteiger partial charge in [0.2, 0.25) is 5.52 Å². The highest BCUT2D eigenvalue weighted by Crippen LogP contribution is 2.26. The molecule has 0 aliphatic heterocycles. The van der Waals surface area contributed by atoms with Gasteiger partial charge in [0.15, 0.2) is 0 Å². The Morgan fingerprint density at radius 2 is 2.12 bits per heavy atom. The second-order valence-electron chi connectivity index (χ2n) is 5.64. The van der Waals surface area contributed by atoms with Crippen molar-refractivity contribution in [2.45, 2.75) is 27.3 Å². The maximum Gasteiger partial charge on any atom is 0.271 e.